The summed E-state index contributed by atoms with van der Waals surface area (Å²) in [5.41, 5.74) is 0.512. The van der Waals surface area contributed by atoms with E-state index >= 15 is 0 Å². The zero-order valence-electron chi connectivity index (χ0n) is 12.0. The van der Waals surface area contributed by atoms with E-state index in [0.717, 1.165) is 25.7 Å². The first-order valence-electron chi connectivity index (χ1n) is 7.16. The van der Waals surface area contributed by atoms with Gasteiger partial charge in [-0.3, -0.25) is 9.59 Å². The van der Waals surface area contributed by atoms with Crippen LogP contribution in [0, 0.1) is 5.92 Å². The molecule has 5 nitrogen and oxygen atoms in total. The Balaban J connectivity index is 2.14. The molecule has 1 fully saturated rings. The molecule has 0 radical (unpaired) electrons. The SMILES string of the molecule is CSc1ncccc1C(=O)NC1CCCCCC1C(=O)O. The fourth-order valence-corrected chi connectivity index (χ4v) is 3.30. The van der Waals surface area contributed by atoms with E-state index in [2.05, 4.69) is 10.3 Å². The van der Waals surface area contributed by atoms with Gasteiger partial charge in [0.1, 0.15) is 5.03 Å². The number of carboxylic acids is 1. The van der Waals surface area contributed by atoms with Crippen molar-refractivity contribution in [3.63, 3.8) is 0 Å². The number of carbonyl (C=O) groups excluding carboxylic acids is 1. The molecule has 1 saturated carbocycles. The van der Waals surface area contributed by atoms with E-state index in [9.17, 15) is 14.7 Å². The summed E-state index contributed by atoms with van der Waals surface area (Å²) in [7, 11) is 0. The van der Waals surface area contributed by atoms with Gasteiger partial charge in [0.25, 0.3) is 5.91 Å². The Morgan fingerprint density at radius 3 is 2.81 bits per heavy atom. The van der Waals surface area contributed by atoms with Gasteiger partial charge in [-0.05, 0) is 31.2 Å². The molecule has 0 aromatic carbocycles. The second-order valence-corrected chi connectivity index (χ2v) is 6.02. The summed E-state index contributed by atoms with van der Waals surface area (Å²) in [4.78, 5) is 28.0. The Hall–Kier alpha value is -1.56. The Bertz CT molecular complexity index is 521. The number of nitrogens with one attached hydrogen (secondary N) is 1. The third-order valence-corrected chi connectivity index (χ3v) is 4.57. The Morgan fingerprint density at radius 2 is 2.10 bits per heavy atom. The summed E-state index contributed by atoms with van der Waals surface area (Å²) in [6.07, 6.45) is 7.75. The molecular weight excluding hydrogens is 288 g/mol. The molecule has 21 heavy (non-hydrogen) atoms. The number of nitrogens with zero attached hydrogens (tertiary/aromatic N) is 1. The first-order chi connectivity index (χ1) is 10.1. The van der Waals surface area contributed by atoms with E-state index < -0.39 is 11.9 Å². The summed E-state index contributed by atoms with van der Waals surface area (Å²) in [5, 5.41) is 12.9. The highest BCUT2D eigenvalue weighted by molar-refractivity contribution is 7.98. The summed E-state index contributed by atoms with van der Waals surface area (Å²) in [6.45, 7) is 0. The molecule has 0 bridgehead atoms. The van der Waals surface area contributed by atoms with Gasteiger partial charge in [-0.2, -0.15) is 0 Å². The number of aliphatic carboxylic acids is 1. The molecule has 1 aliphatic carbocycles. The van der Waals surface area contributed by atoms with Crippen molar-refractivity contribution in [3.8, 4) is 0 Å². The number of rotatable bonds is 4. The highest BCUT2D eigenvalue weighted by Crippen LogP contribution is 2.25. The normalized spacial score (nSPS) is 22.3. The van der Waals surface area contributed by atoms with Crippen molar-refractivity contribution in [1.82, 2.24) is 10.3 Å². The Labute approximate surface area is 128 Å². The Kier molecular flexibility index (Phi) is 5.61. The summed E-state index contributed by atoms with van der Waals surface area (Å²) >= 11 is 1.41. The van der Waals surface area contributed by atoms with Crippen LogP contribution in [0.15, 0.2) is 23.4 Å². The van der Waals surface area contributed by atoms with Gasteiger partial charge in [-0.25, -0.2) is 4.98 Å². The lowest BCUT2D eigenvalue weighted by Crippen LogP contribution is -2.43. The van der Waals surface area contributed by atoms with Crippen LogP contribution in [0.3, 0.4) is 0 Å². The topological polar surface area (TPSA) is 79.3 Å². The van der Waals surface area contributed by atoms with Crippen LogP contribution in [0.1, 0.15) is 42.5 Å². The maximum absolute atomic E-state index is 12.4. The zero-order valence-corrected chi connectivity index (χ0v) is 12.9. The van der Waals surface area contributed by atoms with Gasteiger partial charge < -0.3 is 10.4 Å². The quantitative estimate of drug-likeness (QED) is 0.660. The predicted molar refractivity (Wildman–Crippen MR) is 81.5 cm³/mol. The number of carbonyl (C=O) groups is 2. The van der Waals surface area contributed by atoms with Crippen molar-refractivity contribution in [2.24, 2.45) is 5.92 Å². The minimum atomic E-state index is -0.821. The molecule has 0 saturated heterocycles. The molecule has 1 aliphatic rings. The minimum Gasteiger partial charge on any atom is -0.481 e. The highest BCUT2D eigenvalue weighted by atomic mass is 32.2. The number of hydrogen-bond acceptors (Lipinski definition) is 4. The van der Waals surface area contributed by atoms with E-state index in [1.165, 1.54) is 11.8 Å². The van der Waals surface area contributed by atoms with E-state index in [1.54, 1.807) is 18.3 Å². The van der Waals surface area contributed by atoms with Crippen molar-refractivity contribution in [3.05, 3.63) is 23.9 Å². The van der Waals surface area contributed by atoms with Crippen LogP contribution in [0.2, 0.25) is 0 Å². The molecule has 1 aromatic rings. The summed E-state index contributed by atoms with van der Waals surface area (Å²) < 4.78 is 0. The molecule has 114 valence electrons. The molecule has 1 aromatic heterocycles. The number of hydrogen-bond donors (Lipinski definition) is 2. The van der Waals surface area contributed by atoms with E-state index in [4.69, 9.17) is 0 Å². The second kappa shape index (κ2) is 7.45. The predicted octanol–water partition coefficient (Wildman–Crippen LogP) is 2.57. The lowest BCUT2D eigenvalue weighted by Gasteiger charge is -2.23. The molecule has 1 heterocycles. The number of pyridine rings is 1. The number of aromatic nitrogens is 1. The number of amides is 1. The first kappa shape index (κ1) is 15.8. The highest BCUT2D eigenvalue weighted by Gasteiger charge is 2.31. The molecular formula is C15H20N2O3S. The van der Waals surface area contributed by atoms with E-state index in [-0.39, 0.29) is 11.9 Å². The van der Waals surface area contributed by atoms with Gasteiger partial charge in [-0.15, -0.1) is 11.8 Å². The molecule has 0 spiro atoms. The van der Waals surface area contributed by atoms with Gasteiger partial charge >= 0.3 is 5.97 Å². The molecule has 2 unspecified atom stereocenters. The van der Waals surface area contributed by atoms with Gasteiger partial charge in [0, 0.05) is 12.2 Å². The third kappa shape index (κ3) is 3.97. The first-order valence-corrected chi connectivity index (χ1v) is 8.38. The average molecular weight is 308 g/mol. The summed E-state index contributed by atoms with van der Waals surface area (Å²) in [5.74, 6) is -1.55. The molecule has 1 amide bonds. The number of carboxylic acid groups (broad SMARTS) is 1. The molecule has 0 aliphatic heterocycles. The van der Waals surface area contributed by atoms with Crippen LogP contribution in [0.25, 0.3) is 0 Å². The maximum Gasteiger partial charge on any atom is 0.308 e. The van der Waals surface area contributed by atoms with Gasteiger partial charge in [0.05, 0.1) is 11.5 Å². The van der Waals surface area contributed by atoms with E-state index in [1.807, 2.05) is 6.26 Å². The van der Waals surface area contributed by atoms with Gasteiger partial charge in [-0.1, -0.05) is 19.3 Å². The fraction of sp³-hybridized carbons (Fsp3) is 0.533. The van der Waals surface area contributed by atoms with Gasteiger partial charge in [0.2, 0.25) is 0 Å². The largest absolute Gasteiger partial charge is 0.481 e. The van der Waals surface area contributed by atoms with Crippen molar-refractivity contribution >= 4 is 23.6 Å². The van der Waals surface area contributed by atoms with Crippen LogP contribution >= 0.6 is 11.8 Å². The fourth-order valence-electron chi connectivity index (χ4n) is 2.75. The van der Waals surface area contributed by atoms with Gasteiger partial charge in [0.15, 0.2) is 0 Å². The minimum absolute atomic E-state index is 0.231. The molecule has 2 atom stereocenters. The number of thioether (sulfide) groups is 1. The van der Waals surface area contributed by atoms with Crippen molar-refractivity contribution in [1.29, 1.82) is 0 Å². The molecule has 2 N–H and O–H groups in total. The van der Waals surface area contributed by atoms with Crippen LogP contribution < -0.4 is 5.32 Å². The lowest BCUT2D eigenvalue weighted by molar-refractivity contribution is -0.142. The van der Waals surface area contributed by atoms with E-state index in [0.29, 0.717) is 17.0 Å². The van der Waals surface area contributed by atoms with Crippen molar-refractivity contribution in [2.75, 3.05) is 6.26 Å². The average Bonchev–Trinajstić information content (AvgIpc) is 2.72. The van der Waals surface area contributed by atoms with Crippen LogP contribution in [0.5, 0.6) is 0 Å². The summed E-state index contributed by atoms with van der Waals surface area (Å²) in [6, 6.07) is 3.14. The third-order valence-electron chi connectivity index (χ3n) is 3.86. The van der Waals surface area contributed by atoms with Crippen LogP contribution in [-0.2, 0) is 4.79 Å². The molecule has 6 heteroatoms. The zero-order chi connectivity index (χ0) is 15.2. The molecule has 2 rings (SSSR count). The standard InChI is InChI=1S/C15H20N2O3S/c1-21-14-11(7-5-9-16-14)13(18)17-12-8-4-2-3-6-10(12)15(19)20/h5,7,9-10,12H,2-4,6,8H2,1H3,(H,17,18)(H,19,20). The van der Waals surface area contributed by atoms with Crippen molar-refractivity contribution in [2.45, 2.75) is 43.2 Å². The smallest absolute Gasteiger partial charge is 0.308 e. The van der Waals surface area contributed by atoms with Crippen LogP contribution in [-0.4, -0.2) is 34.3 Å². The monoisotopic (exact) mass is 308 g/mol. The maximum atomic E-state index is 12.4. The Morgan fingerprint density at radius 1 is 1.33 bits per heavy atom. The van der Waals surface area contributed by atoms with Crippen molar-refractivity contribution < 1.29 is 14.7 Å². The lowest BCUT2D eigenvalue weighted by atomic mass is 9.94. The van der Waals surface area contributed by atoms with Crippen LogP contribution in [0.4, 0.5) is 0 Å². The second-order valence-electron chi connectivity index (χ2n) is 5.22.